The molecule has 1 saturated heterocycles. The van der Waals surface area contributed by atoms with Gasteiger partial charge in [-0.3, -0.25) is 9.78 Å². The van der Waals surface area contributed by atoms with Gasteiger partial charge in [0, 0.05) is 37.0 Å². The van der Waals surface area contributed by atoms with Crippen LogP contribution in [0.3, 0.4) is 0 Å². The van der Waals surface area contributed by atoms with Crippen molar-refractivity contribution in [2.45, 2.75) is 37.6 Å². The lowest BCUT2D eigenvalue weighted by Gasteiger charge is -2.25. The zero-order chi connectivity index (χ0) is 22.9. The molecule has 33 heavy (non-hydrogen) atoms. The molecule has 1 atom stereocenters. The SMILES string of the molecule is CNC(=O)C1CCCN1c1ccc(-c2cc(N)cc(-c3cc(C#N)ccn3)n2)c(C2CC2)n1. The van der Waals surface area contributed by atoms with Gasteiger partial charge >= 0.3 is 0 Å². The summed E-state index contributed by atoms with van der Waals surface area (Å²) in [5, 5.41) is 12.0. The van der Waals surface area contributed by atoms with Gasteiger partial charge in [0.15, 0.2) is 0 Å². The van der Waals surface area contributed by atoms with Gasteiger partial charge in [-0.25, -0.2) is 9.97 Å². The molecule has 1 unspecified atom stereocenters. The van der Waals surface area contributed by atoms with Gasteiger partial charge in [-0.05, 0) is 62.1 Å². The van der Waals surface area contributed by atoms with Crippen LogP contribution in [0.4, 0.5) is 11.5 Å². The van der Waals surface area contributed by atoms with E-state index in [9.17, 15) is 10.1 Å². The van der Waals surface area contributed by atoms with Crippen molar-refractivity contribution >= 4 is 17.4 Å². The second-order valence-electron chi connectivity index (χ2n) is 8.55. The van der Waals surface area contributed by atoms with E-state index in [1.807, 2.05) is 18.2 Å². The van der Waals surface area contributed by atoms with Gasteiger partial charge in [0.25, 0.3) is 0 Å². The molecule has 2 fully saturated rings. The number of aromatic nitrogens is 3. The van der Waals surface area contributed by atoms with Crippen LogP contribution in [-0.2, 0) is 4.79 Å². The number of likely N-dealkylation sites (N-methyl/N-ethyl adjacent to an activating group) is 1. The highest BCUT2D eigenvalue weighted by molar-refractivity contribution is 5.85. The Bertz CT molecular complexity index is 1260. The summed E-state index contributed by atoms with van der Waals surface area (Å²) in [5.41, 5.74) is 11.2. The summed E-state index contributed by atoms with van der Waals surface area (Å²) in [6, 6.07) is 13.0. The Morgan fingerprint density at radius 3 is 2.70 bits per heavy atom. The second kappa shape index (κ2) is 8.51. The molecule has 0 spiro atoms. The summed E-state index contributed by atoms with van der Waals surface area (Å²) >= 11 is 0. The van der Waals surface area contributed by atoms with E-state index in [1.54, 1.807) is 31.4 Å². The number of amides is 1. The van der Waals surface area contributed by atoms with Crippen LogP contribution < -0.4 is 16.0 Å². The number of nitrogen functional groups attached to an aromatic ring is 1. The zero-order valence-corrected chi connectivity index (χ0v) is 18.5. The largest absolute Gasteiger partial charge is 0.399 e. The maximum atomic E-state index is 12.3. The number of hydrogen-bond acceptors (Lipinski definition) is 7. The van der Waals surface area contributed by atoms with E-state index in [2.05, 4.69) is 21.3 Å². The number of nitrogens with two attached hydrogens (primary N) is 1. The van der Waals surface area contributed by atoms with Crippen LogP contribution >= 0.6 is 0 Å². The molecule has 2 aliphatic rings. The van der Waals surface area contributed by atoms with Crippen molar-refractivity contribution in [1.82, 2.24) is 20.3 Å². The van der Waals surface area contributed by atoms with E-state index >= 15 is 0 Å². The molecular weight excluding hydrogens is 414 g/mol. The summed E-state index contributed by atoms with van der Waals surface area (Å²) < 4.78 is 0. The van der Waals surface area contributed by atoms with E-state index in [0.29, 0.717) is 28.6 Å². The average molecular weight is 440 g/mol. The van der Waals surface area contributed by atoms with Crippen LogP contribution in [0, 0.1) is 11.3 Å². The van der Waals surface area contributed by atoms with Crippen molar-refractivity contribution < 1.29 is 4.79 Å². The van der Waals surface area contributed by atoms with Crippen LogP contribution in [0.2, 0.25) is 0 Å². The van der Waals surface area contributed by atoms with Crippen LogP contribution in [0.15, 0.2) is 42.6 Å². The lowest BCUT2D eigenvalue weighted by atomic mass is 10.0. The monoisotopic (exact) mass is 439 g/mol. The molecule has 0 aromatic carbocycles. The third kappa shape index (κ3) is 4.10. The van der Waals surface area contributed by atoms with Crippen molar-refractivity contribution in [1.29, 1.82) is 5.26 Å². The number of nitrogens with one attached hydrogen (secondary N) is 1. The summed E-state index contributed by atoms with van der Waals surface area (Å²) in [5.74, 6) is 1.24. The number of pyridine rings is 3. The Hall–Kier alpha value is -3.99. The predicted octanol–water partition coefficient (Wildman–Crippen LogP) is 3.25. The molecule has 166 valence electrons. The highest BCUT2D eigenvalue weighted by Gasteiger charge is 2.34. The molecule has 3 N–H and O–H groups in total. The number of hydrogen-bond donors (Lipinski definition) is 2. The van der Waals surface area contributed by atoms with Gasteiger partial charge < -0.3 is 16.0 Å². The molecule has 0 radical (unpaired) electrons. The van der Waals surface area contributed by atoms with Gasteiger partial charge in [-0.1, -0.05) is 0 Å². The molecule has 1 aliphatic heterocycles. The average Bonchev–Trinajstić information content (AvgIpc) is 3.58. The van der Waals surface area contributed by atoms with E-state index in [4.69, 9.17) is 15.7 Å². The van der Waals surface area contributed by atoms with E-state index in [1.165, 1.54) is 0 Å². The quantitative estimate of drug-likeness (QED) is 0.626. The summed E-state index contributed by atoms with van der Waals surface area (Å²) in [7, 11) is 1.68. The van der Waals surface area contributed by atoms with E-state index in [0.717, 1.165) is 55.0 Å². The first-order valence-corrected chi connectivity index (χ1v) is 11.2. The normalized spacial score (nSPS) is 17.6. The van der Waals surface area contributed by atoms with Gasteiger partial charge in [0.2, 0.25) is 5.91 Å². The Kier molecular flexibility index (Phi) is 5.38. The minimum Gasteiger partial charge on any atom is -0.399 e. The van der Waals surface area contributed by atoms with Crippen LogP contribution in [0.25, 0.3) is 22.6 Å². The molecule has 1 aliphatic carbocycles. The van der Waals surface area contributed by atoms with Crippen LogP contribution in [0.1, 0.15) is 42.9 Å². The molecule has 0 bridgehead atoms. The molecular formula is C25H25N7O. The molecule has 5 rings (SSSR count). The van der Waals surface area contributed by atoms with Gasteiger partial charge in [0.1, 0.15) is 11.9 Å². The highest BCUT2D eigenvalue weighted by atomic mass is 16.2. The minimum atomic E-state index is -0.184. The van der Waals surface area contributed by atoms with E-state index < -0.39 is 0 Å². The Morgan fingerprint density at radius 2 is 1.94 bits per heavy atom. The Morgan fingerprint density at radius 1 is 1.12 bits per heavy atom. The number of rotatable bonds is 5. The standard InChI is InChI=1S/C25H25N7O/c1-28-25(33)22-3-2-10-32(22)23-7-6-18(24(31-23)16-4-5-16)19-12-17(27)13-21(30-19)20-11-15(14-26)8-9-29-20/h6-9,11-13,16,22H,2-5,10H2,1H3,(H2,27,30)(H,28,33). The summed E-state index contributed by atoms with van der Waals surface area (Å²) in [6.45, 7) is 0.816. The molecule has 3 aromatic rings. The van der Waals surface area contributed by atoms with Crippen LogP contribution in [0.5, 0.6) is 0 Å². The Balaban J connectivity index is 1.55. The van der Waals surface area contributed by atoms with Crippen molar-refractivity contribution in [3.05, 3.63) is 53.9 Å². The molecule has 8 nitrogen and oxygen atoms in total. The number of carbonyl (C=O) groups excluding carboxylic acids is 1. The first kappa shape index (κ1) is 20.9. The number of carbonyl (C=O) groups is 1. The van der Waals surface area contributed by atoms with E-state index in [-0.39, 0.29) is 11.9 Å². The maximum absolute atomic E-state index is 12.3. The Labute approximate surface area is 192 Å². The zero-order valence-electron chi connectivity index (χ0n) is 18.5. The van der Waals surface area contributed by atoms with Crippen molar-refractivity contribution in [2.24, 2.45) is 0 Å². The third-order valence-corrected chi connectivity index (χ3v) is 6.25. The predicted molar refractivity (Wildman–Crippen MR) is 126 cm³/mol. The highest BCUT2D eigenvalue weighted by Crippen LogP contribution is 2.44. The lowest BCUT2D eigenvalue weighted by Crippen LogP contribution is -2.42. The van der Waals surface area contributed by atoms with Gasteiger partial charge in [-0.2, -0.15) is 5.26 Å². The maximum Gasteiger partial charge on any atom is 0.242 e. The topological polar surface area (TPSA) is 121 Å². The fourth-order valence-corrected chi connectivity index (χ4v) is 4.45. The molecule has 1 saturated carbocycles. The second-order valence-corrected chi connectivity index (χ2v) is 8.55. The fraction of sp³-hybridized carbons (Fsp3) is 0.320. The van der Waals surface area contributed by atoms with Crippen molar-refractivity contribution in [2.75, 3.05) is 24.2 Å². The molecule has 8 heteroatoms. The number of nitriles is 1. The molecule has 4 heterocycles. The van der Waals surface area contributed by atoms with Crippen molar-refractivity contribution in [3.8, 4) is 28.7 Å². The van der Waals surface area contributed by atoms with Gasteiger partial charge in [-0.15, -0.1) is 0 Å². The molecule has 1 amide bonds. The minimum absolute atomic E-state index is 0.0283. The first-order valence-electron chi connectivity index (χ1n) is 11.2. The number of anilines is 2. The molecule has 3 aromatic heterocycles. The summed E-state index contributed by atoms with van der Waals surface area (Å²) in [6.07, 6.45) is 5.57. The third-order valence-electron chi connectivity index (χ3n) is 6.25. The summed E-state index contributed by atoms with van der Waals surface area (Å²) in [4.78, 5) is 28.7. The number of nitrogens with zero attached hydrogens (tertiary/aromatic N) is 5. The smallest absolute Gasteiger partial charge is 0.242 e. The van der Waals surface area contributed by atoms with Crippen LogP contribution in [-0.4, -0.2) is 40.5 Å². The lowest BCUT2D eigenvalue weighted by molar-refractivity contribution is -0.121. The fourth-order valence-electron chi connectivity index (χ4n) is 4.45. The van der Waals surface area contributed by atoms with Gasteiger partial charge in [0.05, 0.1) is 34.4 Å². The first-order chi connectivity index (χ1) is 16.1. The van der Waals surface area contributed by atoms with Crippen molar-refractivity contribution in [3.63, 3.8) is 0 Å².